The number of hydrogen-bond acceptors (Lipinski definition) is 9. The Morgan fingerprint density at radius 2 is 1.81 bits per heavy atom. The van der Waals surface area contributed by atoms with E-state index in [1.807, 2.05) is 0 Å². The summed E-state index contributed by atoms with van der Waals surface area (Å²) >= 11 is 0. The molecule has 2 rings (SSSR count). The van der Waals surface area contributed by atoms with Gasteiger partial charge in [0.05, 0.1) is 13.6 Å². The highest BCUT2D eigenvalue weighted by molar-refractivity contribution is 7.48. The molecule has 0 aliphatic carbocycles. The molecule has 13 nitrogen and oxygen atoms in total. The van der Waals surface area contributed by atoms with Crippen molar-refractivity contribution in [1.29, 1.82) is 0 Å². The van der Waals surface area contributed by atoms with Crippen LogP contribution in [-0.4, -0.2) is 42.0 Å². The summed E-state index contributed by atoms with van der Waals surface area (Å²) in [5.41, 5.74) is 0.907. The third-order valence-corrected chi connectivity index (χ3v) is 5.57. The molecule has 170 valence electrons. The average molecular weight is 454 g/mol. The molecule has 0 spiro atoms. The standard InChI is InChI=1S/C17H27N8O5P/c1-4-8-19-31(20-9-5-2)30-13-15-14(21-17(22(15)3)25(28)29)7-6-11-23-12-10-18-16(23)24(26)27/h6-7,10,12,19-20H,4-5,8-9,11,13H2,1-3H3/b7-6+. The highest BCUT2D eigenvalue weighted by Gasteiger charge is 2.24. The van der Waals surface area contributed by atoms with Crippen molar-refractivity contribution < 1.29 is 14.4 Å². The van der Waals surface area contributed by atoms with Gasteiger partial charge in [0.25, 0.3) is 0 Å². The molecule has 0 aliphatic heterocycles. The van der Waals surface area contributed by atoms with Crippen LogP contribution < -0.4 is 10.2 Å². The van der Waals surface area contributed by atoms with Gasteiger partial charge < -0.3 is 24.8 Å². The lowest BCUT2D eigenvalue weighted by molar-refractivity contribution is -0.396. The maximum absolute atomic E-state index is 11.3. The minimum absolute atomic E-state index is 0.112. The molecular weight excluding hydrogens is 427 g/mol. The molecule has 2 heterocycles. The molecule has 2 N–H and O–H groups in total. The molecule has 2 aromatic heterocycles. The van der Waals surface area contributed by atoms with E-state index in [9.17, 15) is 20.2 Å². The molecule has 0 aromatic carbocycles. The first-order valence-corrected chi connectivity index (χ1v) is 11.1. The molecule has 0 unspecified atom stereocenters. The number of rotatable bonds is 14. The van der Waals surface area contributed by atoms with Crippen LogP contribution in [0.4, 0.5) is 11.9 Å². The first-order valence-electron chi connectivity index (χ1n) is 9.81. The van der Waals surface area contributed by atoms with Gasteiger partial charge in [-0.1, -0.05) is 23.8 Å². The Bertz CT molecular complexity index is 904. The minimum atomic E-state index is -1.10. The van der Waals surface area contributed by atoms with Gasteiger partial charge in [-0.05, 0) is 34.8 Å². The monoisotopic (exact) mass is 454 g/mol. The molecule has 0 radical (unpaired) electrons. The van der Waals surface area contributed by atoms with Crippen molar-refractivity contribution in [2.75, 3.05) is 13.1 Å². The Kier molecular flexibility index (Phi) is 9.66. The van der Waals surface area contributed by atoms with Gasteiger partial charge in [0, 0.05) is 13.1 Å². The second-order valence-corrected chi connectivity index (χ2v) is 7.96. The van der Waals surface area contributed by atoms with Crippen molar-refractivity contribution in [2.45, 2.75) is 39.8 Å². The van der Waals surface area contributed by atoms with Crippen LogP contribution in [0.1, 0.15) is 38.1 Å². The number of nitrogens with one attached hydrogen (secondary N) is 2. The summed E-state index contributed by atoms with van der Waals surface area (Å²) in [6.07, 6.45) is 7.95. The quantitative estimate of drug-likeness (QED) is 0.249. The van der Waals surface area contributed by atoms with E-state index in [4.69, 9.17) is 4.52 Å². The van der Waals surface area contributed by atoms with Crippen molar-refractivity contribution in [3.05, 3.63) is 50.1 Å². The smallest absolute Gasteiger partial charge is 0.390 e. The number of aromatic nitrogens is 4. The minimum Gasteiger partial charge on any atom is -0.390 e. The molecule has 0 amide bonds. The van der Waals surface area contributed by atoms with Crippen LogP contribution in [0.2, 0.25) is 0 Å². The fourth-order valence-corrected chi connectivity index (χ4v) is 4.00. The van der Waals surface area contributed by atoms with Crippen molar-refractivity contribution in [1.82, 2.24) is 29.3 Å². The summed E-state index contributed by atoms with van der Waals surface area (Å²) in [4.78, 5) is 29.0. The third-order valence-electron chi connectivity index (χ3n) is 4.16. The lowest BCUT2D eigenvalue weighted by atomic mass is 10.3. The Hall–Kier alpha value is -2.73. The first kappa shape index (κ1) is 24.5. The predicted octanol–water partition coefficient (Wildman–Crippen LogP) is 2.89. The van der Waals surface area contributed by atoms with Gasteiger partial charge >= 0.3 is 11.9 Å². The van der Waals surface area contributed by atoms with E-state index in [1.54, 1.807) is 19.2 Å². The molecule has 0 saturated carbocycles. The molecule has 0 fully saturated rings. The number of nitrogens with zero attached hydrogens (tertiary/aromatic N) is 6. The van der Waals surface area contributed by atoms with Crippen LogP contribution in [0.25, 0.3) is 6.08 Å². The molecule has 31 heavy (non-hydrogen) atoms. The van der Waals surface area contributed by atoms with E-state index in [1.165, 1.54) is 21.5 Å². The zero-order valence-corrected chi connectivity index (χ0v) is 18.6. The topological polar surface area (TPSA) is 155 Å². The predicted molar refractivity (Wildman–Crippen MR) is 116 cm³/mol. The summed E-state index contributed by atoms with van der Waals surface area (Å²) in [5, 5.41) is 28.9. The van der Waals surface area contributed by atoms with Crippen molar-refractivity contribution in [3.8, 4) is 0 Å². The van der Waals surface area contributed by atoms with Crippen molar-refractivity contribution in [3.63, 3.8) is 0 Å². The number of allylic oxidation sites excluding steroid dienone is 1. The largest absolute Gasteiger partial charge is 0.435 e. The van der Waals surface area contributed by atoms with E-state index < -0.39 is 18.3 Å². The van der Waals surface area contributed by atoms with Gasteiger partial charge in [-0.3, -0.25) is 10.2 Å². The lowest BCUT2D eigenvalue weighted by Crippen LogP contribution is -2.21. The molecule has 2 aromatic rings. The van der Waals surface area contributed by atoms with E-state index >= 15 is 0 Å². The molecule has 0 aliphatic rings. The van der Waals surface area contributed by atoms with Crippen LogP contribution in [0.3, 0.4) is 0 Å². The Balaban J connectivity index is 2.18. The zero-order chi connectivity index (χ0) is 22.8. The van der Waals surface area contributed by atoms with Gasteiger partial charge in [-0.15, -0.1) is 0 Å². The summed E-state index contributed by atoms with van der Waals surface area (Å²) in [6.45, 7) is 5.95. The SMILES string of the molecule is CCCNP(NCCC)OCc1c(/C=C/Cn2ccnc2[N+](=O)[O-])nc([N+](=O)[O-])n1C. The van der Waals surface area contributed by atoms with Crippen LogP contribution >= 0.6 is 8.45 Å². The van der Waals surface area contributed by atoms with Crippen LogP contribution in [0, 0.1) is 20.2 Å². The van der Waals surface area contributed by atoms with Crippen LogP contribution in [0.5, 0.6) is 0 Å². The molecule has 14 heteroatoms. The highest BCUT2D eigenvalue weighted by atomic mass is 31.2. The Morgan fingerprint density at radius 1 is 1.16 bits per heavy atom. The third kappa shape index (κ3) is 6.89. The highest BCUT2D eigenvalue weighted by Crippen LogP contribution is 2.30. The molecule has 0 saturated heterocycles. The van der Waals surface area contributed by atoms with E-state index in [0.717, 1.165) is 25.9 Å². The van der Waals surface area contributed by atoms with E-state index in [2.05, 4.69) is 34.0 Å². The second-order valence-electron chi connectivity index (χ2n) is 6.48. The van der Waals surface area contributed by atoms with Gasteiger partial charge in [0.1, 0.15) is 24.7 Å². The summed E-state index contributed by atoms with van der Waals surface area (Å²) < 4.78 is 8.71. The zero-order valence-electron chi connectivity index (χ0n) is 17.7. The van der Waals surface area contributed by atoms with Gasteiger partial charge in [-0.25, -0.2) is 9.13 Å². The summed E-state index contributed by atoms with van der Waals surface area (Å²) in [5.74, 6) is -0.589. The summed E-state index contributed by atoms with van der Waals surface area (Å²) in [7, 11) is 0.455. The molecular formula is C17H27N8O5P. The first-order chi connectivity index (χ1) is 14.9. The maximum atomic E-state index is 11.3. The molecule has 0 bridgehead atoms. The van der Waals surface area contributed by atoms with E-state index in [-0.39, 0.29) is 25.0 Å². The average Bonchev–Trinajstić information content (AvgIpc) is 3.32. The Labute approximate surface area is 180 Å². The number of nitro groups is 2. The van der Waals surface area contributed by atoms with Gasteiger partial charge in [0.15, 0.2) is 14.1 Å². The van der Waals surface area contributed by atoms with Crippen LogP contribution in [-0.2, 0) is 24.7 Å². The lowest BCUT2D eigenvalue weighted by Gasteiger charge is -2.18. The van der Waals surface area contributed by atoms with Crippen LogP contribution in [0.15, 0.2) is 18.5 Å². The van der Waals surface area contributed by atoms with Gasteiger partial charge in [-0.2, -0.15) is 0 Å². The van der Waals surface area contributed by atoms with Gasteiger partial charge in [0.2, 0.25) is 0 Å². The fraction of sp³-hybridized carbons (Fsp3) is 0.529. The number of imidazole rings is 2. The summed E-state index contributed by atoms with van der Waals surface area (Å²) in [6, 6.07) is 0. The second kappa shape index (κ2) is 12.2. The Morgan fingerprint density at radius 3 is 2.39 bits per heavy atom. The fourth-order valence-electron chi connectivity index (χ4n) is 2.60. The van der Waals surface area contributed by atoms with Crippen molar-refractivity contribution >= 4 is 26.4 Å². The van der Waals surface area contributed by atoms with E-state index in [0.29, 0.717) is 11.4 Å². The maximum Gasteiger partial charge on any atom is 0.435 e. The molecule has 0 atom stereocenters. The number of hydrogen-bond donors (Lipinski definition) is 2. The normalized spacial score (nSPS) is 11.6. The van der Waals surface area contributed by atoms with Crippen molar-refractivity contribution in [2.24, 2.45) is 7.05 Å².